The van der Waals surface area contributed by atoms with E-state index in [1.165, 1.54) is 35.2 Å². The molecule has 0 unspecified atom stereocenters. The molecule has 0 spiro atoms. The Kier molecular flexibility index (Phi) is 11.7. The third-order valence-electron chi connectivity index (χ3n) is 6.26. The second-order valence-corrected chi connectivity index (χ2v) is 12.3. The standard InChI is InChI=1S/C29H32Cl3N3O4S/c1-3-5-17-33-29(37)27(4-2)34(19-21-9-11-22(30)12-10-21)28(36)20-35(25-8-6-7-24(32)18-25)40(38,39)26-15-13-23(31)14-16-26/h6-16,18,27H,3-5,17,19-20H2,1-2H3,(H,33,37)/t27-/m0/s1. The van der Waals surface area contributed by atoms with Gasteiger partial charge in [-0.3, -0.25) is 13.9 Å². The summed E-state index contributed by atoms with van der Waals surface area (Å²) in [5.41, 5.74) is 0.954. The molecule has 0 radical (unpaired) electrons. The molecule has 0 aliphatic heterocycles. The van der Waals surface area contributed by atoms with Crippen LogP contribution in [-0.2, 0) is 26.2 Å². The summed E-state index contributed by atoms with van der Waals surface area (Å²) in [6.07, 6.45) is 2.04. The number of sulfonamides is 1. The lowest BCUT2D eigenvalue weighted by atomic mass is 10.1. The van der Waals surface area contributed by atoms with Gasteiger partial charge in [0.25, 0.3) is 10.0 Å². The van der Waals surface area contributed by atoms with Crippen molar-refractivity contribution in [3.63, 3.8) is 0 Å². The Balaban J connectivity index is 2.03. The Bertz CT molecular complexity index is 1400. The SMILES string of the molecule is CCCCNC(=O)[C@H](CC)N(Cc1ccc(Cl)cc1)C(=O)CN(c1cccc(Cl)c1)S(=O)(=O)c1ccc(Cl)cc1. The number of rotatable bonds is 13. The summed E-state index contributed by atoms with van der Waals surface area (Å²) >= 11 is 18.2. The largest absolute Gasteiger partial charge is 0.354 e. The summed E-state index contributed by atoms with van der Waals surface area (Å²) < 4.78 is 28.7. The molecule has 0 saturated heterocycles. The number of hydrogen-bond donors (Lipinski definition) is 1. The number of carbonyl (C=O) groups is 2. The van der Waals surface area contributed by atoms with E-state index in [4.69, 9.17) is 34.8 Å². The number of unbranched alkanes of at least 4 members (excludes halogenated alkanes) is 1. The molecule has 0 aromatic heterocycles. The molecule has 3 aromatic carbocycles. The van der Waals surface area contributed by atoms with Crippen molar-refractivity contribution < 1.29 is 18.0 Å². The highest BCUT2D eigenvalue weighted by atomic mass is 35.5. The molecule has 0 aliphatic carbocycles. The highest BCUT2D eigenvalue weighted by Gasteiger charge is 2.33. The molecule has 1 atom stereocenters. The van der Waals surface area contributed by atoms with Gasteiger partial charge in [0.2, 0.25) is 11.8 Å². The van der Waals surface area contributed by atoms with Crippen LogP contribution in [0.25, 0.3) is 0 Å². The van der Waals surface area contributed by atoms with Crippen LogP contribution in [0, 0.1) is 0 Å². The zero-order chi connectivity index (χ0) is 29.3. The fraction of sp³-hybridized carbons (Fsp3) is 0.310. The molecule has 0 fully saturated rings. The van der Waals surface area contributed by atoms with E-state index in [1.807, 2.05) is 13.8 Å². The van der Waals surface area contributed by atoms with E-state index in [0.29, 0.717) is 28.0 Å². The van der Waals surface area contributed by atoms with Crippen molar-refractivity contribution in [2.45, 2.75) is 50.6 Å². The maximum absolute atomic E-state index is 14.0. The zero-order valence-electron chi connectivity index (χ0n) is 22.3. The molecule has 0 aliphatic rings. The summed E-state index contributed by atoms with van der Waals surface area (Å²) in [6, 6.07) is 18.0. The number of anilines is 1. The number of amides is 2. The van der Waals surface area contributed by atoms with Crippen molar-refractivity contribution in [2.24, 2.45) is 0 Å². The van der Waals surface area contributed by atoms with E-state index >= 15 is 0 Å². The van der Waals surface area contributed by atoms with Crippen LogP contribution in [0.2, 0.25) is 15.1 Å². The van der Waals surface area contributed by atoms with Crippen molar-refractivity contribution in [3.8, 4) is 0 Å². The lowest BCUT2D eigenvalue weighted by molar-refractivity contribution is -0.140. The summed E-state index contributed by atoms with van der Waals surface area (Å²) in [5.74, 6) is -0.849. The highest BCUT2D eigenvalue weighted by molar-refractivity contribution is 7.92. The molecule has 0 heterocycles. The molecule has 0 bridgehead atoms. The van der Waals surface area contributed by atoms with Crippen LogP contribution < -0.4 is 9.62 Å². The first-order valence-corrected chi connectivity index (χ1v) is 15.5. The Hall–Kier alpha value is -2.78. The molecule has 214 valence electrons. The Morgan fingerprint density at radius 2 is 1.50 bits per heavy atom. The normalized spacial score (nSPS) is 12.0. The maximum Gasteiger partial charge on any atom is 0.264 e. The van der Waals surface area contributed by atoms with E-state index in [1.54, 1.807) is 42.5 Å². The Labute approximate surface area is 251 Å². The number of nitrogens with zero attached hydrogens (tertiary/aromatic N) is 2. The molecule has 40 heavy (non-hydrogen) atoms. The third kappa shape index (κ3) is 8.36. The fourth-order valence-corrected chi connectivity index (χ4v) is 5.95. The van der Waals surface area contributed by atoms with Crippen LogP contribution in [0.4, 0.5) is 5.69 Å². The van der Waals surface area contributed by atoms with Gasteiger partial charge in [-0.1, -0.05) is 73.3 Å². The van der Waals surface area contributed by atoms with Crippen LogP contribution in [0.3, 0.4) is 0 Å². The molecule has 2 amide bonds. The van der Waals surface area contributed by atoms with Gasteiger partial charge in [0, 0.05) is 28.2 Å². The average molecular weight is 625 g/mol. The van der Waals surface area contributed by atoms with Crippen LogP contribution in [0.15, 0.2) is 77.7 Å². The maximum atomic E-state index is 14.0. The molecular weight excluding hydrogens is 593 g/mol. The van der Waals surface area contributed by atoms with Gasteiger partial charge in [0.05, 0.1) is 10.6 Å². The van der Waals surface area contributed by atoms with Gasteiger partial charge >= 0.3 is 0 Å². The second-order valence-electron chi connectivity index (χ2n) is 9.16. The molecule has 1 N–H and O–H groups in total. The predicted molar refractivity (Wildman–Crippen MR) is 161 cm³/mol. The quantitative estimate of drug-likeness (QED) is 0.218. The number of halogens is 3. The van der Waals surface area contributed by atoms with Crippen molar-refractivity contribution in [3.05, 3.63) is 93.4 Å². The van der Waals surface area contributed by atoms with E-state index in [-0.39, 0.29) is 23.0 Å². The number of benzene rings is 3. The molecule has 3 rings (SSSR count). The minimum Gasteiger partial charge on any atom is -0.354 e. The third-order valence-corrected chi connectivity index (χ3v) is 8.79. The number of nitrogens with one attached hydrogen (secondary N) is 1. The predicted octanol–water partition coefficient (Wildman–Crippen LogP) is 6.57. The Morgan fingerprint density at radius 1 is 0.875 bits per heavy atom. The van der Waals surface area contributed by atoms with Gasteiger partial charge in [-0.15, -0.1) is 0 Å². The molecule has 3 aromatic rings. The molecule has 7 nitrogen and oxygen atoms in total. The topological polar surface area (TPSA) is 86.8 Å². The van der Waals surface area contributed by atoms with Crippen LogP contribution in [-0.4, -0.2) is 44.3 Å². The lowest BCUT2D eigenvalue weighted by Gasteiger charge is -2.33. The highest BCUT2D eigenvalue weighted by Crippen LogP contribution is 2.28. The van der Waals surface area contributed by atoms with E-state index < -0.39 is 28.5 Å². The van der Waals surface area contributed by atoms with Crippen LogP contribution in [0.5, 0.6) is 0 Å². The molecule has 0 saturated carbocycles. The fourth-order valence-electron chi connectivity index (χ4n) is 4.11. The van der Waals surface area contributed by atoms with Crippen LogP contribution in [0.1, 0.15) is 38.7 Å². The van der Waals surface area contributed by atoms with Crippen molar-refractivity contribution in [1.82, 2.24) is 10.2 Å². The summed E-state index contributed by atoms with van der Waals surface area (Å²) in [4.78, 5) is 28.6. The number of carbonyl (C=O) groups excluding carboxylic acids is 2. The van der Waals surface area contributed by atoms with Gasteiger partial charge in [-0.2, -0.15) is 0 Å². The van der Waals surface area contributed by atoms with Gasteiger partial charge < -0.3 is 10.2 Å². The number of hydrogen-bond acceptors (Lipinski definition) is 4. The average Bonchev–Trinajstić information content (AvgIpc) is 2.93. The van der Waals surface area contributed by atoms with E-state index in [9.17, 15) is 18.0 Å². The smallest absolute Gasteiger partial charge is 0.264 e. The minimum atomic E-state index is -4.21. The first-order chi connectivity index (χ1) is 19.1. The van der Waals surface area contributed by atoms with Crippen LogP contribution >= 0.6 is 34.8 Å². The van der Waals surface area contributed by atoms with Gasteiger partial charge in [0.15, 0.2) is 0 Å². The van der Waals surface area contributed by atoms with Crippen molar-refractivity contribution >= 4 is 62.3 Å². The first kappa shape index (κ1) is 31.7. The van der Waals surface area contributed by atoms with Gasteiger partial charge in [-0.25, -0.2) is 8.42 Å². The van der Waals surface area contributed by atoms with Gasteiger partial charge in [0.1, 0.15) is 12.6 Å². The molecule has 11 heteroatoms. The lowest BCUT2D eigenvalue weighted by Crippen LogP contribution is -2.52. The van der Waals surface area contributed by atoms with Crippen molar-refractivity contribution in [1.29, 1.82) is 0 Å². The van der Waals surface area contributed by atoms with E-state index in [0.717, 1.165) is 22.7 Å². The monoisotopic (exact) mass is 623 g/mol. The zero-order valence-corrected chi connectivity index (χ0v) is 25.4. The van der Waals surface area contributed by atoms with E-state index in [2.05, 4.69) is 5.32 Å². The minimum absolute atomic E-state index is 0.0433. The molecular formula is C29H32Cl3N3O4S. The first-order valence-electron chi connectivity index (χ1n) is 12.9. The second kappa shape index (κ2) is 14.7. The summed E-state index contributed by atoms with van der Waals surface area (Å²) in [5, 5.41) is 4.12. The summed E-state index contributed by atoms with van der Waals surface area (Å²) in [6.45, 7) is 3.84. The van der Waals surface area contributed by atoms with Gasteiger partial charge in [-0.05, 0) is 73.0 Å². The Morgan fingerprint density at radius 3 is 2.08 bits per heavy atom. The van der Waals surface area contributed by atoms with Crippen molar-refractivity contribution in [2.75, 3.05) is 17.4 Å². The summed E-state index contributed by atoms with van der Waals surface area (Å²) in [7, 11) is -4.21.